The average Bonchev–Trinajstić information content (AvgIpc) is 2.73. The summed E-state index contributed by atoms with van der Waals surface area (Å²) < 4.78 is 59.3. The molecule has 1 unspecified atom stereocenters. The molecule has 2 heterocycles. The third-order valence-corrected chi connectivity index (χ3v) is 7.65. The first-order chi connectivity index (χ1) is 14.8. The molecule has 4 nitrogen and oxygen atoms in total. The number of alkyl halides is 3. The summed E-state index contributed by atoms with van der Waals surface area (Å²) in [6.45, 7) is 5.18. The lowest BCUT2D eigenvalue weighted by Crippen LogP contribution is -2.47. The molecular weight excluding hydrogens is 432 g/mol. The molecule has 9 heteroatoms. The molecule has 2 aliphatic rings. The maximum atomic E-state index is 13.7. The minimum Gasteiger partial charge on any atom is -0.455 e. The number of benzene rings is 2. The van der Waals surface area contributed by atoms with E-state index in [-0.39, 0.29) is 6.61 Å². The summed E-state index contributed by atoms with van der Waals surface area (Å²) in [5, 5.41) is 11.1. The van der Waals surface area contributed by atoms with Gasteiger partial charge >= 0.3 is 6.18 Å². The van der Waals surface area contributed by atoms with Crippen molar-refractivity contribution in [1.29, 1.82) is 0 Å². The van der Waals surface area contributed by atoms with Crippen LogP contribution in [0.2, 0.25) is 0 Å². The van der Waals surface area contributed by atoms with Gasteiger partial charge in [0.15, 0.2) is 0 Å². The summed E-state index contributed by atoms with van der Waals surface area (Å²) in [5.41, 5.74) is -0.716. The van der Waals surface area contributed by atoms with E-state index in [2.05, 4.69) is 9.80 Å². The van der Waals surface area contributed by atoms with Crippen LogP contribution in [0.5, 0.6) is 11.5 Å². The van der Waals surface area contributed by atoms with Crippen LogP contribution in [0.1, 0.15) is 12.0 Å². The molecule has 0 spiro atoms. The second-order valence-corrected chi connectivity index (χ2v) is 9.44. The average molecular weight is 457 g/mol. The normalized spacial score (nSPS) is 19.7. The second-order valence-electron chi connectivity index (χ2n) is 7.55. The van der Waals surface area contributed by atoms with Crippen LogP contribution in [0.25, 0.3) is 0 Å². The molecule has 0 radical (unpaired) electrons. The molecule has 1 fully saturated rings. The summed E-state index contributed by atoms with van der Waals surface area (Å²) in [6.07, 6.45) is -3.75. The Morgan fingerprint density at radius 3 is 2.32 bits per heavy atom. The molecule has 2 aliphatic heterocycles. The highest BCUT2D eigenvalue weighted by atomic mass is 32.2. The van der Waals surface area contributed by atoms with E-state index in [1.165, 1.54) is 18.2 Å². The number of nitrogens with zero attached hydrogens (tertiary/aromatic N) is 2. The highest BCUT2D eigenvalue weighted by Gasteiger charge is 2.33. The molecular formula is C22H24F4N2O2S. The van der Waals surface area contributed by atoms with Crippen molar-refractivity contribution in [3.8, 4) is 11.5 Å². The van der Waals surface area contributed by atoms with Crippen molar-refractivity contribution in [2.24, 2.45) is 0 Å². The van der Waals surface area contributed by atoms with E-state index in [4.69, 9.17) is 9.84 Å². The zero-order chi connectivity index (χ0) is 22.0. The van der Waals surface area contributed by atoms with Crippen molar-refractivity contribution in [3.63, 3.8) is 0 Å². The van der Waals surface area contributed by atoms with Gasteiger partial charge in [-0.05, 0) is 36.8 Å². The van der Waals surface area contributed by atoms with Crippen LogP contribution in [0, 0.1) is 5.82 Å². The van der Waals surface area contributed by atoms with Gasteiger partial charge in [0.2, 0.25) is 0 Å². The number of hydrogen-bond donors (Lipinski definition) is 1. The molecule has 0 amide bonds. The highest BCUT2D eigenvalue weighted by molar-refractivity contribution is 8.15. The first-order valence-corrected chi connectivity index (χ1v) is 11.4. The minimum absolute atomic E-state index is 0.151. The third-order valence-electron chi connectivity index (χ3n) is 5.48. The SMILES string of the molecule is OCCN1CCN(CCC=S2c3ccc(F)cc3Oc3ccc(C(F)(F)F)cc32)CC1. The molecule has 0 aliphatic carbocycles. The number of halogens is 4. The molecule has 2 aromatic carbocycles. The lowest BCUT2D eigenvalue weighted by molar-refractivity contribution is -0.137. The number of β-amino-alcohol motifs (C(OH)–C–C–N with tert-alkyl or cyclic N) is 1. The molecule has 2 aromatic rings. The molecule has 0 bridgehead atoms. The topological polar surface area (TPSA) is 35.9 Å². The standard InChI is InChI=1S/C22H24F4N2O2S/c23-17-3-5-20-19(15-17)30-18-4-2-16(22(24,25)26)14-21(18)31(20)13-1-6-27-7-9-28(10-8-27)11-12-29/h2-5,13-15,29H,1,6-12H2. The largest absolute Gasteiger partial charge is 0.455 e. The molecule has 0 saturated carbocycles. The van der Waals surface area contributed by atoms with Gasteiger partial charge in [-0.3, -0.25) is 4.90 Å². The van der Waals surface area contributed by atoms with Crippen molar-refractivity contribution >= 4 is 15.9 Å². The van der Waals surface area contributed by atoms with Crippen LogP contribution in [-0.2, 0) is 6.18 Å². The van der Waals surface area contributed by atoms with Crippen LogP contribution in [0.4, 0.5) is 17.6 Å². The lowest BCUT2D eigenvalue weighted by atomic mass is 10.2. The number of ether oxygens (including phenoxy) is 1. The zero-order valence-electron chi connectivity index (χ0n) is 16.9. The maximum absolute atomic E-state index is 13.7. The number of fused-ring (bicyclic) bond motifs is 2. The molecule has 1 saturated heterocycles. The Labute approximate surface area is 181 Å². The van der Waals surface area contributed by atoms with Gasteiger partial charge in [0.25, 0.3) is 0 Å². The number of hydrogen-bond acceptors (Lipinski definition) is 4. The predicted octanol–water partition coefficient (Wildman–Crippen LogP) is 4.44. The smallest absolute Gasteiger partial charge is 0.416 e. The Hall–Kier alpha value is -1.94. The first kappa shape index (κ1) is 22.3. The van der Waals surface area contributed by atoms with E-state index < -0.39 is 28.0 Å². The third kappa shape index (κ3) is 5.11. The Kier molecular flexibility index (Phi) is 6.66. The van der Waals surface area contributed by atoms with Crippen molar-refractivity contribution < 1.29 is 27.4 Å². The minimum atomic E-state index is -4.44. The van der Waals surface area contributed by atoms with E-state index in [0.29, 0.717) is 34.3 Å². The fraction of sp³-hybridized carbons (Fsp3) is 0.409. The molecule has 31 heavy (non-hydrogen) atoms. The fourth-order valence-electron chi connectivity index (χ4n) is 3.83. The quantitative estimate of drug-likeness (QED) is 0.455. The van der Waals surface area contributed by atoms with Crippen LogP contribution < -0.4 is 4.74 Å². The number of aliphatic hydroxyl groups is 1. The van der Waals surface area contributed by atoms with Crippen LogP contribution in [0.3, 0.4) is 0 Å². The Morgan fingerprint density at radius 2 is 1.65 bits per heavy atom. The monoisotopic (exact) mass is 456 g/mol. The van der Waals surface area contributed by atoms with Crippen molar-refractivity contribution in [1.82, 2.24) is 9.80 Å². The molecule has 1 atom stereocenters. The van der Waals surface area contributed by atoms with E-state index in [1.807, 2.05) is 5.37 Å². The van der Waals surface area contributed by atoms with Gasteiger partial charge in [-0.1, -0.05) is 5.37 Å². The number of aliphatic hydroxyl groups excluding tert-OH is 1. The highest BCUT2D eigenvalue weighted by Crippen LogP contribution is 2.52. The van der Waals surface area contributed by atoms with Crippen molar-refractivity contribution in [3.05, 3.63) is 47.8 Å². The van der Waals surface area contributed by atoms with Crippen molar-refractivity contribution in [2.45, 2.75) is 22.4 Å². The van der Waals surface area contributed by atoms with Gasteiger partial charge in [-0.15, -0.1) is 10.5 Å². The van der Waals surface area contributed by atoms with Gasteiger partial charge in [-0.2, -0.15) is 13.2 Å². The van der Waals surface area contributed by atoms with Gasteiger partial charge in [-0.25, -0.2) is 4.39 Å². The molecule has 1 N–H and O–H groups in total. The Balaban J connectivity index is 1.57. The molecule has 4 rings (SSSR count). The van der Waals surface area contributed by atoms with Gasteiger partial charge in [0, 0.05) is 55.1 Å². The maximum Gasteiger partial charge on any atom is 0.416 e. The van der Waals surface area contributed by atoms with Crippen molar-refractivity contribution in [2.75, 3.05) is 45.9 Å². The number of rotatable bonds is 5. The van der Waals surface area contributed by atoms with Gasteiger partial charge in [0.1, 0.15) is 17.3 Å². The van der Waals surface area contributed by atoms with Crippen LogP contribution >= 0.6 is 10.5 Å². The number of piperazine rings is 1. The Bertz CT molecular complexity index is 972. The summed E-state index contributed by atoms with van der Waals surface area (Å²) in [4.78, 5) is 5.69. The molecule has 168 valence electrons. The van der Waals surface area contributed by atoms with Gasteiger partial charge in [0.05, 0.1) is 12.2 Å². The summed E-state index contributed by atoms with van der Waals surface area (Å²) in [6, 6.07) is 7.66. The fourth-order valence-corrected chi connectivity index (χ4v) is 5.88. The zero-order valence-corrected chi connectivity index (χ0v) is 17.7. The van der Waals surface area contributed by atoms with Crippen LogP contribution in [-0.4, -0.2) is 66.1 Å². The summed E-state index contributed by atoms with van der Waals surface area (Å²) >= 11 is 0. The molecule has 0 aromatic heterocycles. The Morgan fingerprint density at radius 1 is 0.935 bits per heavy atom. The van der Waals surface area contributed by atoms with E-state index in [9.17, 15) is 17.6 Å². The van der Waals surface area contributed by atoms with E-state index >= 15 is 0 Å². The van der Waals surface area contributed by atoms with Gasteiger partial charge < -0.3 is 14.7 Å². The van der Waals surface area contributed by atoms with Crippen LogP contribution in [0.15, 0.2) is 46.2 Å². The lowest BCUT2D eigenvalue weighted by Gasteiger charge is -2.34. The van der Waals surface area contributed by atoms with E-state index in [0.717, 1.165) is 44.9 Å². The van der Waals surface area contributed by atoms with E-state index in [1.54, 1.807) is 6.07 Å². The first-order valence-electron chi connectivity index (χ1n) is 10.2. The second kappa shape index (κ2) is 9.28. The predicted molar refractivity (Wildman–Crippen MR) is 113 cm³/mol. The summed E-state index contributed by atoms with van der Waals surface area (Å²) in [5.74, 6) is 0.242. The summed E-state index contributed by atoms with van der Waals surface area (Å²) in [7, 11) is -0.749.